The second-order valence-electron chi connectivity index (χ2n) is 8.83. The van der Waals surface area contributed by atoms with Crippen molar-refractivity contribution in [3.05, 3.63) is 101 Å². The maximum Gasteiger partial charge on any atom is 0.243 e. The van der Waals surface area contributed by atoms with Crippen LogP contribution >= 0.6 is 11.6 Å². The summed E-state index contributed by atoms with van der Waals surface area (Å²) in [4.78, 5) is 28.8. The van der Waals surface area contributed by atoms with Crippen molar-refractivity contribution in [2.24, 2.45) is 0 Å². The molecule has 0 aliphatic carbocycles. The molecule has 2 amide bonds. The van der Waals surface area contributed by atoms with E-state index in [1.54, 1.807) is 12.0 Å². The standard InChI is InChI=1S/C29H33ClN2O3/c1-21(2)31-29(34)27(19-22-10-5-4-6-11-22)32(20-23-12-9-14-25(18-23)35-3)28(33)17-16-24-13-7-8-15-26(24)30/h4-15,18,21,27H,16-17,19-20H2,1-3H3,(H,31,34)/t27-/m1/s1. The highest BCUT2D eigenvalue weighted by molar-refractivity contribution is 6.31. The van der Waals surface area contributed by atoms with Gasteiger partial charge in [-0.1, -0.05) is 72.3 Å². The number of nitrogens with zero attached hydrogens (tertiary/aromatic N) is 1. The van der Waals surface area contributed by atoms with Crippen LogP contribution in [0.3, 0.4) is 0 Å². The summed E-state index contributed by atoms with van der Waals surface area (Å²) in [5.41, 5.74) is 2.80. The van der Waals surface area contributed by atoms with Gasteiger partial charge in [-0.15, -0.1) is 0 Å². The summed E-state index contributed by atoms with van der Waals surface area (Å²) in [5, 5.41) is 3.65. The number of benzene rings is 3. The van der Waals surface area contributed by atoms with Crippen molar-refractivity contribution < 1.29 is 14.3 Å². The molecule has 3 aromatic rings. The van der Waals surface area contributed by atoms with E-state index < -0.39 is 6.04 Å². The first kappa shape index (κ1) is 26.3. The summed E-state index contributed by atoms with van der Waals surface area (Å²) in [6.07, 6.45) is 1.16. The van der Waals surface area contributed by atoms with E-state index >= 15 is 0 Å². The smallest absolute Gasteiger partial charge is 0.243 e. The van der Waals surface area contributed by atoms with Crippen LogP contribution in [0.25, 0.3) is 0 Å². The van der Waals surface area contributed by atoms with Crippen molar-refractivity contribution in [1.29, 1.82) is 0 Å². The Morgan fingerprint density at radius 1 is 0.943 bits per heavy atom. The molecule has 3 aromatic carbocycles. The van der Waals surface area contributed by atoms with E-state index in [0.717, 1.165) is 16.7 Å². The van der Waals surface area contributed by atoms with E-state index in [1.807, 2.05) is 92.7 Å². The minimum absolute atomic E-state index is 0.0438. The number of hydrogen-bond donors (Lipinski definition) is 1. The van der Waals surface area contributed by atoms with Crippen LogP contribution in [0.15, 0.2) is 78.9 Å². The van der Waals surface area contributed by atoms with E-state index in [9.17, 15) is 9.59 Å². The Labute approximate surface area is 213 Å². The third kappa shape index (κ3) is 7.86. The number of amides is 2. The van der Waals surface area contributed by atoms with Crippen molar-refractivity contribution in [1.82, 2.24) is 10.2 Å². The van der Waals surface area contributed by atoms with Crippen LogP contribution in [0.2, 0.25) is 5.02 Å². The van der Waals surface area contributed by atoms with Gasteiger partial charge in [0.15, 0.2) is 0 Å². The fourth-order valence-electron chi connectivity index (χ4n) is 3.99. The zero-order valence-corrected chi connectivity index (χ0v) is 21.3. The molecule has 0 bridgehead atoms. The molecule has 0 fully saturated rings. The molecule has 184 valence electrons. The number of halogens is 1. The van der Waals surface area contributed by atoms with E-state index in [0.29, 0.717) is 30.2 Å². The summed E-state index contributed by atoms with van der Waals surface area (Å²) in [6, 6.07) is 24.2. The molecule has 6 heteroatoms. The number of carbonyl (C=O) groups is 2. The third-order valence-electron chi connectivity index (χ3n) is 5.76. The second-order valence-corrected chi connectivity index (χ2v) is 9.24. The van der Waals surface area contributed by atoms with Gasteiger partial charge in [-0.05, 0) is 55.2 Å². The zero-order chi connectivity index (χ0) is 25.2. The molecule has 0 radical (unpaired) electrons. The van der Waals surface area contributed by atoms with Crippen molar-refractivity contribution in [2.45, 2.75) is 51.7 Å². The summed E-state index contributed by atoms with van der Waals surface area (Å²) in [7, 11) is 1.61. The largest absolute Gasteiger partial charge is 0.497 e. The Morgan fingerprint density at radius 3 is 2.31 bits per heavy atom. The van der Waals surface area contributed by atoms with E-state index in [4.69, 9.17) is 16.3 Å². The third-order valence-corrected chi connectivity index (χ3v) is 6.12. The monoisotopic (exact) mass is 492 g/mol. The van der Waals surface area contributed by atoms with Gasteiger partial charge in [0.1, 0.15) is 11.8 Å². The van der Waals surface area contributed by atoms with Gasteiger partial charge in [-0.3, -0.25) is 9.59 Å². The van der Waals surface area contributed by atoms with Crippen molar-refractivity contribution in [3.63, 3.8) is 0 Å². The Bertz CT molecular complexity index is 1120. The van der Waals surface area contributed by atoms with Crippen LogP contribution in [-0.4, -0.2) is 35.9 Å². The molecule has 3 rings (SSSR count). The molecular weight excluding hydrogens is 460 g/mol. The fraction of sp³-hybridized carbons (Fsp3) is 0.310. The maximum absolute atomic E-state index is 13.7. The lowest BCUT2D eigenvalue weighted by molar-refractivity contribution is -0.141. The molecule has 1 atom stereocenters. The Morgan fingerprint density at radius 2 is 1.63 bits per heavy atom. The molecule has 0 saturated carbocycles. The molecule has 1 N–H and O–H groups in total. The lowest BCUT2D eigenvalue weighted by Gasteiger charge is -2.32. The van der Waals surface area contributed by atoms with Crippen molar-refractivity contribution in [2.75, 3.05) is 7.11 Å². The van der Waals surface area contributed by atoms with Gasteiger partial charge in [0, 0.05) is 30.5 Å². The lowest BCUT2D eigenvalue weighted by Crippen LogP contribution is -2.51. The van der Waals surface area contributed by atoms with E-state index in [2.05, 4.69) is 5.32 Å². The normalized spacial score (nSPS) is 11.7. The summed E-state index contributed by atoms with van der Waals surface area (Å²) < 4.78 is 5.37. The molecular formula is C29H33ClN2O3. The SMILES string of the molecule is COc1cccc(CN(C(=O)CCc2ccccc2Cl)[C@H](Cc2ccccc2)C(=O)NC(C)C)c1. The first-order valence-electron chi connectivity index (χ1n) is 11.9. The number of rotatable bonds is 11. The Balaban J connectivity index is 1.93. The number of ether oxygens (including phenoxy) is 1. The summed E-state index contributed by atoms with van der Waals surface area (Å²) in [5.74, 6) is 0.433. The Kier molecular flexibility index (Phi) is 9.74. The highest BCUT2D eigenvalue weighted by Gasteiger charge is 2.30. The minimum Gasteiger partial charge on any atom is -0.497 e. The number of methoxy groups -OCH3 is 1. The molecule has 0 heterocycles. The van der Waals surface area contributed by atoms with Crippen molar-refractivity contribution in [3.8, 4) is 5.75 Å². The predicted molar refractivity (Wildman–Crippen MR) is 141 cm³/mol. The molecule has 0 spiro atoms. The topological polar surface area (TPSA) is 58.6 Å². The number of carbonyl (C=O) groups excluding carboxylic acids is 2. The van der Waals surface area contributed by atoms with Crippen LogP contribution in [-0.2, 0) is 29.0 Å². The highest BCUT2D eigenvalue weighted by atomic mass is 35.5. The van der Waals surface area contributed by atoms with E-state index in [-0.39, 0.29) is 24.3 Å². The van der Waals surface area contributed by atoms with Crippen LogP contribution in [0, 0.1) is 0 Å². The maximum atomic E-state index is 13.7. The number of nitrogens with one attached hydrogen (secondary N) is 1. The number of aryl methyl sites for hydroxylation is 1. The van der Waals surface area contributed by atoms with Crippen LogP contribution < -0.4 is 10.1 Å². The van der Waals surface area contributed by atoms with Crippen molar-refractivity contribution >= 4 is 23.4 Å². The molecule has 5 nitrogen and oxygen atoms in total. The van der Waals surface area contributed by atoms with Crippen LogP contribution in [0.1, 0.15) is 37.0 Å². The predicted octanol–water partition coefficient (Wildman–Crippen LogP) is 5.45. The van der Waals surface area contributed by atoms with Crippen LogP contribution in [0.5, 0.6) is 5.75 Å². The quantitative estimate of drug-likeness (QED) is 0.387. The van der Waals surface area contributed by atoms with Gasteiger partial charge in [0.2, 0.25) is 11.8 Å². The zero-order valence-electron chi connectivity index (χ0n) is 20.5. The van der Waals surface area contributed by atoms with Crippen LogP contribution in [0.4, 0.5) is 0 Å². The lowest BCUT2D eigenvalue weighted by atomic mass is 10.0. The first-order chi connectivity index (χ1) is 16.9. The average molecular weight is 493 g/mol. The summed E-state index contributed by atoms with van der Waals surface area (Å²) in [6.45, 7) is 4.13. The highest BCUT2D eigenvalue weighted by Crippen LogP contribution is 2.21. The molecule has 0 aromatic heterocycles. The molecule has 0 saturated heterocycles. The van der Waals surface area contributed by atoms with Gasteiger partial charge >= 0.3 is 0 Å². The van der Waals surface area contributed by atoms with Gasteiger partial charge < -0.3 is 15.0 Å². The molecule has 0 aliphatic rings. The minimum atomic E-state index is -0.662. The average Bonchev–Trinajstić information content (AvgIpc) is 2.85. The van der Waals surface area contributed by atoms with Gasteiger partial charge in [-0.2, -0.15) is 0 Å². The van der Waals surface area contributed by atoms with Gasteiger partial charge in [-0.25, -0.2) is 0 Å². The fourth-order valence-corrected chi connectivity index (χ4v) is 4.22. The first-order valence-corrected chi connectivity index (χ1v) is 12.2. The van der Waals surface area contributed by atoms with Gasteiger partial charge in [0.25, 0.3) is 0 Å². The Hall–Kier alpha value is -3.31. The van der Waals surface area contributed by atoms with E-state index in [1.165, 1.54) is 0 Å². The van der Waals surface area contributed by atoms with Gasteiger partial charge in [0.05, 0.1) is 7.11 Å². The molecule has 0 aliphatic heterocycles. The molecule has 0 unspecified atom stereocenters. The number of hydrogen-bond acceptors (Lipinski definition) is 3. The molecule has 35 heavy (non-hydrogen) atoms. The second kappa shape index (κ2) is 13.0. The summed E-state index contributed by atoms with van der Waals surface area (Å²) >= 11 is 6.33.